The smallest absolute Gasteiger partial charge is 0.293 e. The molecule has 1 heterocycles. The van der Waals surface area contributed by atoms with Gasteiger partial charge in [0.15, 0.2) is 10.8 Å². The Balaban J connectivity index is 2.33. The first kappa shape index (κ1) is 15.5. The van der Waals surface area contributed by atoms with Crippen molar-refractivity contribution in [2.45, 2.75) is 25.2 Å². The number of nitrogens with zero attached hydrogens (tertiary/aromatic N) is 3. The van der Waals surface area contributed by atoms with E-state index in [0.717, 1.165) is 11.1 Å². The van der Waals surface area contributed by atoms with Gasteiger partial charge < -0.3 is 15.2 Å². The molecule has 6 nitrogen and oxygen atoms in total. The molecule has 2 aliphatic rings. The van der Waals surface area contributed by atoms with Crippen molar-refractivity contribution in [2.24, 2.45) is 21.6 Å². The third-order valence-corrected chi connectivity index (χ3v) is 5.64. The molecule has 6 heteroatoms. The van der Waals surface area contributed by atoms with Gasteiger partial charge >= 0.3 is 0 Å². The number of methoxy groups -OCH3 is 2. The molecular formula is C17H18N4O2. The fraction of sp³-hybridized carbons (Fsp3) is 0.471. The van der Waals surface area contributed by atoms with Gasteiger partial charge in [0.2, 0.25) is 0 Å². The lowest BCUT2D eigenvalue weighted by molar-refractivity contribution is -0.233. The van der Waals surface area contributed by atoms with Crippen LogP contribution in [0, 0.1) is 40.4 Å². The summed E-state index contributed by atoms with van der Waals surface area (Å²) < 4.78 is 10.9. The van der Waals surface area contributed by atoms with Crippen molar-refractivity contribution in [3.8, 4) is 12.1 Å². The first-order valence-electron chi connectivity index (χ1n) is 7.23. The molecule has 0 bridgehead atoms. The Morgan fingerprint density at radius 3 is 2.09 bits per heavy atom. The molecule has 0 amide bonds. The van der Waals surface area contributed by atoms with Crippen LogP contribution in [0.2, 0.25) is 0 Å². The molecule has 118 valence electrons. The number of aryl methyl sites for hydroxylation is 1. The van der Waals surface area contributed by atoms with E-state index in [9.17, 15) is 10.5 Å². The van der Waals surface area contributed by atoms with Crippen LogP contribution >= 0.6 is 0 Å². The molecule has 3 rings (SSSR count). The molecule has 3 atom stereocenters. The van der Waals surface area contributed by atoms with E-state index in [1.54, 1.807) is 0 Å². The van der Waals surface area contributed by atoms with Crippen molar-refractivity contribution in [3.63, 3.8) is 0 Å². The van der Waals surface area contributed by atoms with Gasteiger partial charge in [-0.3, -0.25) is 0 Å². The molecule has 0 unspecified atom stereocenters. The molecule has 1 aromatic carbocycles. The number of benzene rings is 1. The van der Waals surface area contributed by atoms with Gasteiger partial charge in [-0.25, -0.2) is 4.99 Å². The third-order valence-electron chi connectivity index (χ3n) is 5.64. The van der Waals surface area contributed by atoms with Crippen LogP contribution < -0.4 is 5.73 Å². The number of nitrogens with two attached hydrogens (primary N) is 1. The van der Waals surface area contributed by atoms with E-state index >= 15 is 0 Å². The minimum Gasteiger partial charge on any atom is -0.386 e. The Morgan fingerprint density at radius 2 is 1.65 bits per heavy atom. The number of rotatable bonds is 3. The summed E-state index contributed by atoms with van der Waals surface area (Å²) in [6.07, 6.45) is 0. The van der Waals surface area contributed by atoms with Crippen LogP contribution in [0.4, 0.5) is 0 Å². The standard InChI is InChI=1S/C17H18N4O2/c1-11-5-7-12(8-6-11)14(2)15(9-18)13(20)21-17(22-3,23-4)16(14,15)10-19/h5-8H,1-4H3,(H2,20,21)/t14-,15+,16-/m1/s1. The zero-order valence-electron chi connectivity index (χ0n) is 13.5. The normalized spacial score (nSPS) is 36.5. The molecule has 0 radical (unpaired) electrons. The second-order valence-electron chi connectivity index (χ2n) is 6.20. The lowest BCUT2D eigenvalue weighted by atomic mass is 9.84. The molecule has 0 saturated heterocycles. The summed E-state index contributed by atoms with van der Waals surface area (Å²) in [5.41, 5.74) is 4.53. The van der Waals surface area contributed by atoms with Crippen molar-refractivity contribution in [3.05, 3.63) is 35.4 Å². The largest absolute Gasteiger partial charge is 0.386 e. The van der Waals surface area contributed by atoms with Gasteiger partial charge in [0.05, 0.1) is 12.1 Å². The quantitative estimate of drug-likeness (QED) is 0.854. The van der Waals surface area contributed by atoms with Crippen molar-refractivity contribution in [2.75, 3.05) is 14.2 Å². The number of hydrogen-bond donors (Lipinski definition) is 1. The van der Waals surface area contributed by atoms with Crippen LogP contribution in [0.3, 0.4) is 0 Å². The van der Waals surface area contributed by atoms with Gasteiger partial charge in [-0.05, 0) is 12.5 Å². The van der Waals surface area contributed by atoms with Crippen molar-refractivity contribution >= 4 is 5.84 Å². The molecule has 0 aromatic heterocycles. The molecule has 1 fully saturated rings. The van der Waals surface area contributed by atoms with Crippen LogP contribution in [-0.4, -0.2) is 26.0 Å². The second kappa shape index (κ2) is 4.32. The summed E-state index contributed by atoms with van der Waals surface area (Å²) in [5.74, 6) is -1.52. The minimum atomic E-state index is -1.60. The van der Waals surface area contributed by atoms with Crippen LogP contribution in [0.1, 0.15) is 18.1 Å². The average Bonchev–Trinajstić information content (AvgIpc) is 2.97. The minimum absolute atomic E-state index is 0.0772. The lowest BCUT2D eigenvalue weighted by Gasteiger charge is -2.32. The summed E-state index contributed by atoms with van der Waals surface area (Å²) in [6.45, 7) is 3.82. The average molecular weight is 310 g/mol. The monoisotopic (exact) mass is 310 g/mol. The van der Waals surface area contributed by atoms with E-state index in [4.69, 9.17) is 15.2 Å². The van der Waals surface area contributed by atoms with Gasteiger partial charge in [0.25, 0.3) is 5.91 Å². The Labute approximate surface area is 135 Å². The molecule has 1 aliphatic heterocycles. The Morgan fingerprint density at radius 1 is 1.09 bits per heavy atom. The SMILES string of the molecule is COC1(OC)N=C(N)[C@@]2(C#N)[C@@](C)(c3ccc(C)cc3)[C@@]12C#N. The fourth-order valence-corrected chi connectivity index (χ4v) is 4.37. The van der Waals surface area contributed by atoms with Gasteiger partial charge in [-0.15, -0.1) is 0 Å². The first-order valence-corrected chi connectivity index (χ1v) is 7.23. The van der Waals surface area contributed by atoms with Crippen LogP contribution in [-0.2, 0) is 14.9 Å². The summed E-state index contributed by atoms with van der Waals surface area (Å²) in [6, 6.07) is 12.2. The van der Waals surface area contributed by atoms with Crippen LogP contribution in [0.25, 0.3) is 0 Å². The van der Waals surface area contributed by atoms with Crippen molar-refractivity contribution in [1.29, 1.82) is 10.5 Å². The van der Waals surface area contributed by atoms with E-state index in [1.807, 2.05) is 38.1 Å². The van der Waals surface area contributed by atoms with Gasteiger partial charge in [0, 0.05) is 19.6 Å². The molecule has 0 spiro atoms. The van der Waals surface area contributed by atoms with E-state index < -0.39 is 22.2 Å². The Bertz CT molecular complexity index is 784. The van der Waals surface area contributed by atoms with Crippen molar-refractivity contribution in [1.82, 2.24) is 0 Å². The number of fused-ring (bicyclic) bond motifs is 1. The highest BCUT2D eigenvalue weighted by molar-refractivity contribution is 6.02. The van der Waals surface area contributed by atoms with Crippen LogP contribution in [0.15, 0.2) is 29.3 Å². The summed E-state index contributed by atoms with van der Waals surface area (Å²) in [7, 11) is 2.81. The summed E-state index contributed by atoms with van der Waals surface area (Å²) >= 11 is 0. The molecule has 2 N–H and O–H groups in total. The summed E-state index contributed by atoms with van der Waals surface area (Å²) in [4.78, 5) is 4.22. The highest BCUT2D eigenvalue weighted by Gasteiger charge is 2.99. The lowest BCUT2D eigenvalue weighted by Crippen LogP contribution is -2.44. The number of amidine groups is 1. The van der Waals surface area contributed by atoms with E-state index in [1.165, 1.54) is 14.2 Å². The maximum absolute atomic E-state index is 10.0. The predicted octanol–water partition coefficient (Wildman–Crippen LogP) is 1.60. The van der Waals surface area contributed by atoms with Gasteiger partial charge in [-0.2, -0.15) is 10.5 Å². The predicted molar refractivity (Wildman–Crippen MR) is 83.0 cm³/mol. The highest BCUT2D eigenvalue weighted by atomic mass is 16.7. The van der Waals surface area contributed by atoms with Crippen molar-refractivity contribution < 1.29 is 9.47 Å². The van der Waals surface area contributed by atoms with E-state index in [0.29, 0.717) is 0 Å². The first-order chi connectivity index (χ1) is 10.9. The maximum Gasteiger partial charge on any atom is 0.293 e. The molecule has 1 aromatic rings. The maximum atomic E-state index is 10.0. The summed E-state index contributed by atoms with van der Waals surface area (Å²) in [5, 5.41) is 20.0. The highest BCUT2D eigenvalue weighted by Crippen LogP contribution is 2.85. The fourth-order valence-electron chi connectivity index (χ4n) is 4.37. The zero-order valence-corrected chi connectivity index (χ0v) is 13.5. The Kier molecular flexibility index (Phi) is 2.91. The Hall–Kier alpha value is -2.41. The zero-order chi connectivity index (χ0) is 17.1. The number of hydrogen-bond acceptors (Lipinski definition) is 6. The van der Waals surface area contributed by atoms with E-state index in [2.05, 4.69) is 17.1 Å². The molecule has 1 saturated carbocycles. The molecule has 1 aliphatic carbocycles. The van der Waals surface area contributed by atoms with Gasteiger partial charge in [0.1, 0.15) is 5.84 Å². The number of nitriles is 2. The van der Waals surface area contributed by atoms with Crippen LogP contribution in [0.5, 0.6) is 0 Å². The van der Waals surface area contributed by atoms with Gasteiger partial charge in [-0.1, -0.05) is 36.8 Å². The topological polar surface area (TPSA) is 104 Å². The molecule has 23 heavy (non-hydrogen) atoms. The molecular weight excluding hydrogens is 292 g/mol. The second-order valence-corrected chi connectivity index (χ2v) is 6.20. The number of ether oxygens (including phenoxy) is 2. The number of aliphatic imine (C=N–C) groups is 1. The third kappa shape index (κ3) is 1.22. The van der Waals surface area contributed by atoms with E-state index in [-0.39, 0.29) is 5.84 Å².